The Labute approximate surface area is 108 Å². The average Bonchev–Trinajstić information content (AvgIpc) is 2.81. The minimum atomic E-state index is -0.859. The monoisotopic (exact) mass is 261 g/mol. The van der Waals surface area contributed by atoms with Crippen molar-refractivity contribution in [3.63, 3.8) is 0 Å². The molecule has 1 aromatic carbocycles. The molecule has 0 radical (unpaired) electrons. The third-order valence-electron chi connectivity index (χ3n) is 3.43. The van der Waals surface area contributed by atoms with E-state index in [1.165, 1.54) is 18.2 Å². The highest BCUT2D eigenvalue weighted by Gasteiger charge is 2.33. The third-order valence-corrected chi connectivity index (χ3v) is 3.43. The number of benzene rings is 1. The lowest BCUT2D eigenvalue weighted by atomic mass is 9.83. The van der Waals surface area contributed by atoms with Crippen LogP contribution in [-0.2, 0) is 4.79 Å². The number of rotatable bonds is 2. The summed E-state index contributed by atoms with van der Waals surface area (Å²) in [6, 6.07) is 4.10. The summed E-state index contributed by atoms with van der Waals surface area (Å²) >= 11 is 0. The van der Waals surface area contributed by atoms with Gasteiger partial charge in [-0.25, -0.2) is 9.37 Å². The van der Waals surface area contributed by atoms with Gasteiger partial charge in [0.25, 0.3) is 0 Å². The molecule has 0 bridgehead atoms. The maximum Gasteiger partial charge on any atom is 0.307 e. The van der Waals surface area contributed by atoms with Gasteiger partial charge in [-0.3, -0.25) is 4.79 Å². The maximum absolute atomic E-state index is 13.1. The molecule has 5 heteroatoms. The molecular weight excluding hydrogens is 249 g/mol. The second kappa shape index (κ2) is 4.50. The summed E-state index contributed by atoms with van der Waals surface area (Å²) in [6.07, 6.45) is 4.83. The highest BCUT2D eigenvalue weighted by Crippen LogP contribution is 2.35. The number of hydrogen-bond acceptors (Lipinski definition) is 3. The fourth-order valence-electron chi connectivity index (χ4n) is 2.44. The van der Waals surface area contributed by atoms with Crippen LogP contribution < -0.4 is 0 Å². The van der Waals surface area contributed by atoms with Crippen molar-refractivity contribution >= 4 is 17.1 Å². The van der Waals surface area contributed by atoms with Crippen LogP contribution >= 0.6 is 0 Å². The minimum Gasteiger partial charge on any atom is -0.481 e. The van der Waals surface area contributed by atoms with Crippen molar-refractivity contribution in [2.75, 3.05) is 0 Å². The number of carboxylic acid groups (broad SMARTS) is 1. The molecule has 1 N–H and O–H groups in total. The first-order valence-corrected chi connectivity index (χ1v) is 6.09. The smallest absolute Gasteiger partial charge is 0.307 e. The Hall–Kier alpha value is -2.17. The Balaban J connectivity index is 2.02. The van der Waals surface area contributed by atoms with Crippen LogP contribution in [0.15, 0.2) is 34.8 Å². The lowest BCUT2D eigenvalue weighted by Crippen LogP contribution is -2.23. The summed E-state index contributed by atoms with van der Waals surface area (Å²) < 4.78 is 18.7. The Bertz CT molecular complexity index is 662. The number of oxazole rings is 1. The number of carbonyl (C=O) groups is 1. The molecule has 98 valence electrons. The topological polar surface area (TPSA) is 63.3 Å². The van der Waals surface area contributed by atoms with Crippen LogP contribution in [0, 0.1) is 11.7 Å². The van der Waals surface area contributed by atoms with Crippen molar-refractivity contribution in [3.05, 3.63) is 42.1 Å². The number of nitrogens with zero attached hydrogens (tertiary/aromatic N) is 1. The highest BCUT2D eigenvalue weighted by atomic mass is 19.1. The fraction of sp³-hybridized carbons (Fsp3) is 0.286. The highest BCUT2D eigenvalue weighted by molar-refractivity contribution is 5.74. The molecule has 1 aromatic heterocycles. The van der Waals surface area contributed by atoms with Crippen molar-refractivity contribution in [3.8, 4) is 0 Å². The number of aliphatic carboxylic acids is 1. The molecule has 0 aliphatic heterocycles. The summed E-state index contributed by atoms with van der Waals surface area (Å²) in [6.45, 7) is 0. The number of hydrogen-bond donors (Lipinski definition) is 1. The van der Waals surface area contributed by atoms with Crippen LogP contribution in [0.2, 0.25) is 0 Å². The van der Waals surface area contributed by atoms with E-state index in [9.17, 15) is 14.3 Å². The first-order chi connectivity index (χ1) is 9.15. The largest absolute Gasteiger partial charge is 0.481 e. The molecule has 1 aliphatic rings. The fourth-order valence-corrected chi connectivity index (χ4v) is 2.44. The van der Waals surface area contributed by atoms with Gasteiger partial charge in [0.05, 0.1) is 11.8 Å². The van der Waals surface area contributed by atoms with E-state index in [-0.39, 0.29) is 11.7 Å². The van der Waals surface area contributed by atoms with Gasteiger partial charge in [-0.15, -0.1) is 0 Å². The lowest BCUT2D eigenvalue weighted by Gasteiger charge is -2.21. The molecule has 2 atom stereocenters. The molecule has 0 saturated carbocycles. The van der Waals surface area contributed by atoms with E-state index >= 15 is 0 Å². The molecular formula is C14H12FNO3. The molecule has 0 amide bonds. The predicted octanol–water partition coefficient (Wildman–Crippen LogP) is 3.10. The van der Waals surface area contributed by atoms with Gasteiger partial charge in [-0.2, -0.15) is 0 Å². The van der Waals surface area contributed by atoms with Crippen LogP contribution in [-0.4, -0.2) is 16.1 Å². The summed E-state index contributed by atoms with van der Waals surface area (Å²) in [4.78, 5) is 15.5. The molecule has 4 nitrogen and oxygen atoms in total. The average molecular weight is 261 g/mol. The van der Waals surface area contributed by atoms with E-state index in [1.54, 1.807) is 0 Å². The van der Waals surface area contributed by atoms with E-state index in [0.717, 1.165) is 0 Å². The van der Waals surface area contributed by atoms with Crippen molar-refractivity contribution in [2.45, 2.75) is 18.8 Å². The van der Waals surface area contributed by atoms with Gasteiger partial charge in [0.1, 0.15) is 11.3 Å². The minimum absolute atomic E-state index is 0.294. The molecule has 1 aliphatic carbocycles. The van der Waals surface area contributed by atoms with Crippen LogP contribution in [0.1, 0.15) is 24.7 Å². The summed E-state index contributed by atoms with van der Waals surface area (Å²) in [7, 11) is 0. The zero-order valence-corrected chi connectivity index (χ0v) is 10.0. The van der Waals surface area contributed by atoms with Gasteiger partial charge in [-0.1, -0.05) is 12.2 Å². The van der Waals surface area contributed by atoms with E-state index in [4.69, 9.17) is 4.42 Å². The molecule has 1 heterocycles. The maximum atomic E-state index is 13.1. The first-order valence-electron chi connectivity index (χ1n) is 6.09. The van der Waals surface area contributed by atoms with E-state index < -0.39 is 11.9 Å². The second-order valence-electron chi connectivity index (χ2n) is 4.66. The zero-order valence-electron chi connectivity index (χ0n) is 10.0. The third kappa shape index (κ3) is 2.12. The van der Waals surface area contributed by atoms with Crippen LogP contribution in [0.3, 0.4) is 0 Å². The Morgan fingerprint density at radius 1 is 1.37 bits per heavy atom. The van der Waals surface area contributed by atoms with Gasteiger partial charge in [0.15, 0.2) is 11.5 Å². The van der Waals surface area contributed by atoms with Crippen LogP contribution in [0.5, 0.6) is 0 Å². The SMILES string of the molecule is O=C(O)C1CC=CCC1c1nc2cc(F)ccc2o1. The van der Waals surface area contributed by atoms with E-state index in [0.29, 0.717) is 29.8 Å². The van der Waals surface area contributed by atoms with Gasteiger partial charge < -0.3 is 9.52 Å². The van der Waals surface area contributed by atoms with Crippen LogP contribution in [0.4, 0.5) is 4.39 Å². The molecule has 0 spiro atoms. The molecule has 0 saturated heterocycles. The number of allylic oxidation sites excluding steroid dienone is 2. The normalized spacial score (nSPS) is 22.8. The van der Waals surface area contributed by atoms with Gasteiger partial charge in [-0.05, 0) is 25.0 Å². The Morgan fingerprint density at radius 3 is 2.95 bits per heavy atom. The van der Waals surface area contributed by atoms with Crippen molar-refractivity contribution in [1.82, 2.24) is 4.98 Å². The molecule has 3 rings (SSSR count). The number of halogens is 1. The predicted molar refractivity (Wildman–Crippen MR) is 66.2 cm³/mol. The van der Waals surface area contributed by atoms with Crippen LogP contribution in [0.25, 0.3) is 11.1 Å². The number of aromatic nitrogens is 1. The zero-order chi connectivity index (χ0) is 13.4. The van der Waals surface area contributed by atoms with Gasteiger partial charge in [0.2, 0.25) is 0 Å². The Morgan fingerprint density at radius 2 is 2.16 bits per heavy atom. The summed E-state index contributed by atoms with van der Waals surface area (Å²) in [5.41, 5.74) is 0.906. The van der Waals surface area contributed by atoms with Crippen molar-refractivity contribution < 1.29 is 18.7 Å². The second-order valence-corrected chi connectivity index (χ2v) is 4.66. The standard InChI is InChI=1S/C14H12FNO3/c15-8-5-6-12-11(7-8)16-13(19-12)9-3-1-2-4-10(9)14(17)18/h1-2,5-7,9-10H,3-4H2,(H,17,18). The van der Waals surface area contributed by atoms with Gasteiger partial charge >= 0.3 is 5.97 Å². The Kier molecular flexibility index (Phi) is 2.81. The summed E-state index contributed by atoms with van der Waals surface area (Å²) in [5.74, 6) is -1.70. The van der Waals surface area contributed by atoms with E-state index in [1.807, 2.05) is 12.2 Å². The molecule has 0 fully saturated rings. The number of fused-ring (bicyclic) bond motifs is 1. The first kappa shape index (κ1) is 11.9. The van der Waals surface area contributed by atoms with Crippen molar-refractivity contribution in [1.29, 1.82) is 0 Å². The number of carboxylic acids is 1. The quantitative estimate of drug-likeness (QED) is 0.844. The summed E-state index contributed by atoms with van der Waals surface area (Å²) in [5, 5.41) is 9.23. The van der Waals surface area contributed by atoms with E-state index in [2.05, 4.69) is 4.98 Å². The molecule has 19 heavy (non-hydrogen) atoms. The molecule has 2 aromatic rings. The lowest BCUT2D eigenvalue weighted by molar-refractivity contribution is -0.142. The van der Waals surface area contributed by atoms with Crippen molar-refractivity contribution in [2.24, 2.45) is 5.92 Å². The van der Waals surface area contributed by atoms with Gasteiger partial charge in [0, 0.05) is 6.07 Å². The molecule has 2 unspecified atom stereocenters.